The molecule has 0 bridgehead atoms. The molecule has 2 N–H and O–H groups in total. The van der Waals surface area contributed by atoms with Crippen molar-refractivity contribution >= 4 is 0 Å². The Morgan fingerprint density at radius 1 is 1.29 bits per heavy atom. The molecule has 1 fully saturated rings. The molecule has 2 atom stereocenters. The first-order chi connectivity index (χ1) is 7.88. The maximum atomic E-state index is 6.26. The van der Waals surface area contributed by atoms with E-state index in [2.05, 4.69) is 44.4 Å². The van der Waals surface area contributed by atoms with Crippen LogP contribution in [0.15, 0.2) is 0 Å². The molecule has 0 amide bonds. The molecule has 102 valence electrons. The lowest BCUT2D eigenvalue weighted by atomic mass is 9.87. The lowest BCUT2D eigenvalue weighted by Crippen LogP contribution is -2.45. The highest BCUT2D eigenvalue weighted by Crippen LogP contribution is 2.21. The van der Waals surface area contributed by atoms with E-state index in [9.17, 15) is 0 Å². The van der Waals surface area contributed by atoms with Crippen molar-refractivity contribution in [2.24, 2.45) is 11.1 Å². The van der Waals surface area contributed by atoms with Crippen LogP contribution in [-0.2, 0) is 0 Å². The smallest absolute Gasteiger partial charge is 0.0235 e. The molecule has 3 nitrogen and oxygen atoms in total. The van der Waals surface area contributed by atoms with Crippen LogP contribution < -0.4 is 5.73 Å². The van der Waals surface area contributed by atoms with Crippen molar-refractivity contribution in [3.05, 3.63) is 0 Å². The van der Waals surface area contributed by atoms with E-state index in [1.165, 1.54) is 32.6 Å². The molecule has 0 aliphatic carbocycles. The summed E-state index contributed by atoms with van der Waals surface area (Å²) in [7, 11) is 0. The molecule has 0 saturated carbocycles. The Morgan fingerprint density at radius 3 is 2.35 bits per heavy atom. The lowest BCUT2D eigenvalue weighted by molar-refractivity contribution is 0.190. The SMILES string of the molecule is CCN(CC)C1CCN(CC(N)C(C)(C)C)C1. The highest BCUT2D eigenvalue weighted by molar-refractivity contribution is 4.87. The fourth-order valence-electron chi connectivity index (χ4n) is 2.57. The van der Waals surface area contributed by atoms with Crippen LogP contribution in [0.3, 0.4) is 0 Å². The maximum Gasteiger partial charge on any atom is 0.0235 e. The summed E-state index contributed by atoms with van der Waals surface area (Å²) in [6.45, 7) is 17.0. The van der Waals surface area contributed by atoms with Crippen LogP contribution in [-0.4, -0.2) is 54.6 Å². The molecule has 1 rings (SSSR count). The molecular weight excluding hydrogens is 210 g/mol. The fourth-order valence-corrected chi connectivity index (χ4v) is 2.57. The molecule has 1 aliphatic heterocycles. The van der Waals surface area contributed by atoms with Crippen molar-refractivity contribution in [3.8, 4) is 0 Å². The van der Waals surface area contributed by atoms with Crippen LogP contribution in [0.4, 0.5) is 0 Å². The van der Waals surface area contributed by atoms with Crippen LogP contribution in [0.25, 0.3) is 0 Å². The number of hydrogen-bond acceptors (Lipinski definition) is 3. The van der Waals surface area contributed by atoms with Gasteiger partial charge in [0, 0.05) is 25.2 Å². The van der Waals surface area contributed by atoms with Crippen molar-refractivity contribution in [1.29, 1.82) is 0 Å². The van der Waals surface area contributed by atoms with Crippen molar-refractivity contribution < 1.29 is 0 Å². The Labute approximate surface area is 107 Å². The summed E-state index contributed by atoms with van der Waals surface area (Å²) in [6.07, 6.45) is 1.30. The highest BCUT2D eigenvalue weighted by Gasteiger charge is 2.29. The van der Waals surface area contributed by atoms with Gasteiger partial charge in [-0.15, -0.1) is 0 Å². The molecular formula is C14H31N3. The summed E-state index contributed by atoms with van der Waals surface area (Å²) < 4.78 is 0. The molecule has 1 saturated heterocycles. The third-order valence-corrected chi connectivity index (χ3v) is 4.14. The molecule has 0 spiro atoms. The van der Waals surface area contributed by atoms with Gasteiger partial charge in [0.1, 0.15) is 0 Å². The Balaban J connectivity index is 2.40. The summed E-state index contributed by atoms with van der Waals surface area (Å²) in [6, 6.07) is 1.02. The van der Waals surface area contributed by atoms with Gasteiger partial charge >= 0.3 is 0 Å². The highest BCUT2D eigenvalue weighted by atomic mass is 15.3. The predicted molar refractivity (Wildman–Crippen MR) is 75.2 cm³/mol. The molecule has 2 unspecified atom stereocenters. The van der Waals surface area contributed by atoms with Crippen molar-refractivity contribution in [1.82, 2.24) is 9.80 Å². The molecule has 0 radical (unpaired) electrons. The van der Waals surface area contributed by atoms with Gasteiger partial charge in [-0.1, -0.05) is 34.6 Å². The zero-order chi connectivity index (χ0) is 13.1. The molecule has 17 heavy (non-hydrogen) atoms. The van der Waals surface area contributed by atoms with Crippen LogP contribution in [0.2, 0.25) is 0 Å². The van der Waals surface area contributed by atoms with E-state index < -0.39 is 0 Å². The fraction of sp³-hybridized carbons (Fsp3) is 1.00. The van der Waals surface area contributed by atoms with Gasteiger partial charge in [-0.3, -0.25) is 4.90 Å². The Morgan fingerprint density at radius 2 is 1.88 bits per heavy atom. The van der Waals surface area contributed by atoms with Crippen LogP contribution in [0.5, 0.6) is 0 Å². The van der Waals surface area contributed by atoms with E-state index in [0.717, 1.165) is 12.6 Å². The van der Waals surface area contributed by atoms with Gasteiger partial charge in [0.25, 0.3) is 0 Å². The standard InChI is InChI=1S/C14H31N3/c1-6-17(7-2)12-8-9-16(10-12)11-13(15)14(3,4)5/h12-13H,6-11,15H2,1-5H3. The first-order valence-corrected chi connectivity index (χ1v) is 7.10. The molecule has 1 heterocycles. The predicted octanol–water partition coefficient (Wildman–Crippen LogP) is 1.78. The summed E-state index contributed by atoms with van der Waals surface area (Å²) in [5.74, 6) is 0. The molecule has 0 aromatic carbocycles. The number of rotatable bonds is 5. The second-order valence-corrected chi connectivity index (χ2v) is 6.40. The minimum Gasteiger partial charge on any atom is -0.326 e. The summed E-state index contributed by atoms with van der Waals surface area (Å²) in [4.78, 5) is 5.11. The zero-order valence-corrected chi connectivity index (χ0v) is 12.4. The normalized spacial score (nSPS) is 24.5. The van der Waals surface area contributed by atoms with Crippen molar-refractivity contribution in [3.63, 3.8) is 0 Å². The van der Waals surface area contributed by atoms with E-state index in [1.54, 1.807) is 0 Å². The van der Waals surface area contributed by atoms with Gasteiger partial charge in [-0.2, -0.15) is 0 Å². The minimum atomic E-state index is 0.216. The van der Waals surface area contributed by atoms with Crippen LogP contribution >= 0.6 is 0 Å². The summed E-state index contributed by atoms with van der Waals surface area (Å²) in [5, 5.41) is 0. The summed E-state index contributed by atoms with van der Waals surface area (Å²) in [5.41, 5.74) is 6.48. The van der Waals surface area contributed by atoms with Gasteiger partial charge in [0.2, 0.25) is 0 Å². The van der Waals surface area contributed by atoms with Gasteiger partial charge in [0.15, 0.2) is 0 Å². The minimum absolute atomic E-state index is 0.216. The van der Waals surface area contributed by atoms with E-state index in [-0.39, 0.29) is 11.5 Å². The Hall–Kier alpha value is -0.120. The molecule has 0 aromatic heterocycles. The first kappa shape index (κ1) is 14.9. The van der Waals surface area contributed by atoms with Crippen molar-refractivity contribution in [2.75, 3.05) is 32.7 Å². The Kier molecular flexibility index (Phi) is 5.42. The third-order valence-electron chi connectivity index (χ3n) is 4.14. The molecule has 3 heteroatoms. The quantitative estimate of drug-likeness (QED) is 0.796. The largest absolute Gasteiger partial charge is 0.326 e. The Bertz CT molecular complexity index is 218. The number of nitrogens with zero attached hydrogens (tertiary/aromatic N) is 2. The van der Waals surface area contributed by atoms with Gasteiger partial charge < -0.3 is 10.6 Å². The second kappa shape index (κ2) is 6.17. The maximum absolute atomic E-state index is 6.26. The number of likely N-dealkylation sites (N-methyl/N-ethyl adjacent to an activating group) is 1. The third kappa shape index (κ3) is 4.23. The average Bonchev–Trinajstić information content (AvgIpc) is 2.67. The second-order valence-electron chi connectivity index (χ2n) is 6.40. The zero-order valence-electron chi connectivity index (χ0n) is 12.4. The van der Waals surface area contributed by atoms with E-state index in [4.69, 9.17) is 5.73 Å². The van der Waals surface area contributed by atoms with Crippen molar-refractivity contribution in [2.45, 2.75) is 53.1 Å². The van der Waals surface area contributed by atoms with E-state index in [0.29, 0.717) is 0 Å². The van der Waals surface area contributed by atoms with Crippen LogP contribution in [0, 0.1) is 5.41 Å². The number of likely N-dealkylation sites (tertiary alicyclic amines) is 1. The first-order valence-electron chi connectivity index (χ1n) is 7.10. The van der Waals surface area contributed by atoms with Gasteiger partial charge in [-0.05, 0) is 31.5 Å². The lowest BCUT2D eigenvalue weighted by Gasteiger charge is -2.31. The van der Waals surface area contributed by atoms with Crippen LogP contribution in [0.1, 0.15) is 41.0 Å². The molecule has 1 aliphatic rings. The monoisotopic (exact) mass is 241 g/mol. The number of hydrogen-bond donors (Lipinski definition) is 1. The topological polar surface area (TPSA) is 32.5 Å². The summed E-state index contributed by atoms with van der Waals surface area (Å²) >= 11 is 0. The molecule has 0 aromatic rings. The average molecular weight is 241 g/mol. The number of nitrogens with two attached hydrogens (primary N) is 1. The van der Waals surface area contributed by atoms with E-state index >= 15 is 0 Å². The van der Waals surface area contributed by atoms with E-state index in [1.807, 2.05) is 0 Å². The van der Waals surface area contributed by atoms with Gasteiger partial charge in [-0.25, -0.2) is 0 Å². The van der Waals surface area contributed by atoms with Gasteiger partial charge in [0.05, 0.1) is 0 Å².